The first-order valence-corrected chi connectivity index (χ1v) is 41.6. The highest BCUT2D eigenvalue weighted by Gasteiger charge is 2.41. The number of halogens is 3. The minimum Gasteiger partial charge on any atom is -0.508 e. The third-order valence-corrected chi connectivity index (χ3v) is 24.8. The summed E-state index contributed by atoms with van der Waals surface area (Å²) in [5, 5.41) is 38.2. The van der Waals surface area contributed by atoms with Gasteiger partial charge in [-0.05, 0) is 179 Å². The average molecular weight is 1730 g/mol. The van der Waals surface area contributed by atoms with E-state index >= 15 is 0 Å². The quantitative estimate of drug-likeness (QED) is 0.0653. The number of ether oxygens (including phenoxy) is 4. The van der Waals surface area contributed by atoms with Crippen LogP contribution in [0.2, 0.25) is 15.1 Å². The van der Waals surface area contributed by atoms with E-state index in [-0.39, 0.29) is 103 Å². The van der Waals surface area contributed by atoms with Crippen molar-refractivity contribution < 1.29 is 62.4 Å². The second-order valence-corrected chi connectivity index (χ2v) is 33.2. The van der Waals surface area contributed by atoms with Crippen LogP contribution >= 0.6 is 34.8 Å². The summed E-state index contributed by atoms with van der Waals surface area (Å²) in [5.41, 5.74) is 16.0. The number of carbonyl (C=O) groups is 8. The van der Waals surface area contributed by atoms with Crippen LogP contribution in [0.25, 0.3) is 88.0 Å². The number of H-pyrrole nitrogens is 3. The highest BCUT2D eigenvalue weighted by molar-refractivity contribution is 6.36. The van der Waals surface area contributed by atoms with Gasteiger partial charge >= 0.3 is 0 Å². The fourth-order valence-corrected chi connectivity index (χ4v) is 18.2. The Morgan fingerprint density at radius 1 is 0.395 bits per heavy atom. The lowest BCUT2D eigenvalue weighted by Gasteiger charge is -2.42. The van der Waals surface area contributed by atoms with Crippen LogP contribution in [0, 0.1) is 44.4 Å². The molecule has 4 fully saturated rings. The minimum atomic E-state index is -0.113. The fourth-order valence-electron chi connectivity index (χ4n) is 17.4. The van der Waals surface area contributed by atoms with E-state index < -0.39 is 0 Å². The molecule has 0 saturated carbocycles. The molecule has 12 aromatic rings. The van der Waals surface area contributed by atoms with E-state index in [9.17, 15) is 43.5 Å². The summed E-state index contributed by atoms with van der Waals surface area (Å²) in [6.07, 6.45) is 10.6. The molecular weight excluding hydrogens is 1640 g/mol. The number of aromatic amines is 3. The van der Waals surface area contributed by atoms with Gasteiger partial charge in [0.25, 0.3) is 23.6 Å². The predicted octanol–water partition coefficient (Wildman–Crippen LogP) is 14.3. The number of aromatic nitrogens is 6. The highest BCUT2D eigenvalue weighted by atomic mass is 35.5. The number of hydrogen-bond donors (Lipinski definition) is 4. The maximum Gasteiger partial charge on any atom is 0.265 e. The number of aromatic hydroxyl groups is 1. The third kappa shape index (κ3) is 16.0. The van der Waals surface area contributed by atoms with Crippen molar-refractivity contribution in [2.45, 2.75) is 20.8 Å². The molecule has 8 amide bonds. The maximum absolute atomic E-state index is 12.6. The number of anilines is 4. The van der Waals surface area contributed by atoms with Crippen molar-refractivity contribution in [3.05, 3.63) is 228 Å². The van der Waals surface area contributed by atoms with E-state index in [1.165, 1.54) is 24.3 Å². The van der Waals surface area contributed by atoms with Crippen molar-refractivity contribution in [1.82, 2.24) is 50.2 Å². The molecule has 0 aliphatic carbocycles. The van der Waals surface area contributed by atoms with Gasteiger partial charge in [0.2, 0.25) is 23.6 Å². The molecule has 30 heteroatoms. The van der Waals surface area contributed by atoms with Gasteiger partial charge in [0.15, 0.2) is 26.4 Å². The Morgan fingerprint density at radius 3 is 1.04 bits per heavy atom. The van der Waals surface area contributed by atoms with Crippen molar-refractivity contribution in [2.75, 3.05) is 125 Å². The Kier molecular flexibility index (Phi) is 22.8. The number of phenolic OH excluding ortho intramolecular Hbond substituents is 1. The van der Waals surface area contributed by atoms with Crippen molar-refractivity contribution in [3.8, 4) is 73.3 Å². The topological polar surface area (TPSA) is 306 Å². The molecule has 8 aliphatic heterocycles. The molecule has 4 N–H and O–H groups in total. The number of carbonyl (C=O) groups excluding carboxylic acids is 8. The fraction of sp³-hybridized carbons (Fsp3) is 0.245. The van der Waals surface area contributed by atoms with Crippen LogP contribution in [0.1, 0.15) is 16.7 Å². The lowest BCUT2D eigenvalue weighted by Crippen LogP contribution is -2.55. The maximum atomic E-state index is 12.6. The molecule has 0 spiro atoms. The number of fused-ring (bicyclic) bond motifs is 8. The molecule has 0 atom stereocenters. The molecule has 0 bridgehead atoms. The lowest BCUT2D eigenvalue weighted by molar-refractivity contribution is -0.132. The summed E-state index contributed by atoms with van der Waals surface area (Å²) in [6.45, 7) is 27.1. The first kappa shape index (κ1) is 82.5. The van der Waals surface area contributed by atoms with Gasteiger partial charge in [0.05, 0.1) is 73.0 Å². The number of likely N-dealkylation sites (tertiary alicyclic amines) is 4. The number of aryl methyl sites for hydroxylation is 3. The molecule has 0 unspecified atom stereocenters. The molecule has 11 heterocycles. The number of amides is 8. The molecule has 3 aromatic heterocycles. The predicted molar refractivity (Wildman–Crippen MR) is 477 cm³/mol. The number of rotatable bonds is 16. The van der Waals surface area contributed by atoms with Crippen LogP contribution in [0.3, 0.4) is 0 Å². The number of phenols is 1. The van der Waals surface area contributed by atoms with Crippen LogP contribution < -0.4 is 38.5 Å². The lowest BCUT2D eigenvalue weighted by atomic mass is 9.95. The molecular formula is C94H85Cl3N14O13. The van der Waals surface area contributed by atoms with E-state index in [1.54, 1.807) is 88.1 Å². The monoisotopic (exact) mass is 1720 g/mol. The molecule has 27 nitrogen and oxygen atoms in total. The zero-order valence-corrected chi connectivity index (χ0v) is 70.3. The summed E-state index contributed by atoms with van der Waals surface area (Å²) >= 11 is 20.2. The van der Waals surface area contributed by atoms with Gasteiger partial charge < -0.3 is 63.3 Å². The molecule has 9 aromatic carbocycles. The Balaban J connectivity index is 0.000000117. The Morgan fingerprint density at radius 2 is 0.710 bits per heavy atom. The molecule has 20 rings (SSSR count). The van der Waals surface area contributed by atoms with Gasteiger partial charge in [-0.15, -0.1) is 0 Å². The Bertz CT molecular complexity index is 5980. The van der Waals surface area contributed by atoms with E-state index in [2.05, 4.69) is 56.9 Å². The summed E-state index contributed by atoms with van der Waals surface area (Å²) in [6, 6.07) is 40.3. The Hall–Kier alpha value is -13.8. The van der Waals surface area contributed by atoms with Crippen LogP contribution in [0.15, 0.2) is 197 Å². The number of benzene rings is 9. The largest absolute Gasteiger partial charge is 0.508 e. The van der Waals surface area contributed by atoms with Crippen molar-refractivity contribution in [2.24, 2.45) is 23.7 Å². The zero-order chi connectivity index (χ0) is 86.6. The Labute approximate surface area is 727 Å². The van der Waals surface area contributed by atoms with Gasteiger partial charge in [-0.25, -0.2) is 0 Å². The van der Waals surface area contributed by atoms with E-state index in [0.29, 0.717) is 134 Å². The standard InChI is InChI=1S/C25H22N2O4.3C23H21ClN4O3/c1-2-24(29)26-12-16(13-26)14-27-22-8-7-18(10-23(22)31-15-25(27)30)21-11-19(28)9-17-5-3-4-6-20(17)21;3*1-3-21(29)27-9-14(10-27)11-28-19-7-17(24)15(6-20(19)31-12-22(28)30)23-13(2)4-5-18-16(23)8-25-26-18/h2-11,16,28H,1,12-15H2;3*3-8,14H,1,9-12H2,2H3,(H,25,26). The zero-order valence-electron chi connectivity index (χ0n) is 68.0. The SMILES string of the molecule is C=CC(=O)N1CC(CN2C(=O)COc3cc(-c4c(C)ccc5[nH]ncc45)c(Cl)cc32)C1.C=CC(=O)N1CC(CN2C(=O)COc3cc(-c4c(C)ccc5[nH]ncc45)c(Cl)cc32)C1.C=CC(=O)N1CC(CN2C(=O)COc3cc(-c4c(C)ccc5[nH]ncc45)c(Cl)cc32)C1.C=CC(=O)N1CC(CN2C(=O)COc3cc(-c4cc(O)cc5ccccc45)ccc32)C1. The van der Waals surface area contributed by atoms with Gasteiger partial charge in [-0.1, -0.05) is 110 Å². The summed E-state index contributed by atoms with van der Waals surface area (Å²) in [4.78, 5) is 111. The second kappa shape index (κ2) is 34.3. The van der Waals surface area contributed by atoms with E-state index in [4.69, 9.17) is 53.8 Å². The first-order valence-electron chi connectivity index (χ1n) is 40.5. The molecule has 0 radical (unpaired) electrons. The smallest absolute Gasteiger partial charge is 0.265 e. The summed E-state index contributed by atoms with van der Waals surface area (Å²) < 4.78 is 23.1. The van der Waals surface area contributed by atoms with Crippen molar-refractivity contribution in [3.63, 3.8) is 0 Å². The van der Waals surface area contributed by atoms with Gasteiger partial charge in [0, 0.05) is 135 Å². The van der Waals surface area contributed by atoms with Gasteiger partial charge in [-0.2, -0.15) is 15.3 Å². The van der Waals surface area contributed by atoms with Crippen LogP contribution in [0.4, 0.5) is 22.7 Å². The third-order valence-electron chi connectivity index (χ3n) is 23.9. The number of nitrogens with one attached hydrogen (secondary N) is 3. The van der Waals surface area contributed by atoms with E-state index in [0.717, 1.165) is 110 Å². The van der Waals surface area contributed by atoms with Gasteiger partial charge in [-0.3, -0.25) is 53.7 Å². The van der Waals surface area contributed by atoms with Crippen molar-refractivity contribution in [1.29, 1.82) is 0 Å². The molecule has 8 aliphatic rings. The van der Waals surface area contributed by atoms with E-state index in [1.807, 2.05) is 118 Å². The number of hydrogen-bond acceptors (Lipinski definition) is 16. The molecule has 630 valence electrons. The molecule has 124 heavy (non-hydrogen) atoms. The summed E-state index contributed by atoms with van der Waals surface area (Å²) in [7, 11) is 0. The normalized spacial score (nSPS) is 16.1. The average Bonchev–Trinajstić information content (AvgIpc) is 1.38. The minimum absolute atomic E-state index is 0.0146. The summed E-state index contributed by atoms with van der Waals surface area (Å²) in [5.74, 6) is 2.82. The van der Waals surface area contributed by atoms with Crippen LogP contribution in [-0.4, -0.2) is 208 Å². The van der Waals surface area contributed by atoms with Crippen molar-refractivity contribution >= 4 is 148 Å². The highest BCUT2D eigenvalue weighted by Crippen LogP contribution is 2.49. The molecule has 4 saturated heterocycles. The second-order valence-electron chi connectivity index (χ2n) is 32.0. The van der Waals surface area contributed by atoms with Crippen LogP contribution in [-0.2, 0) is 38.4 Å². The van der Waals surface area contributed by atoms with Gasteiger partial charge in [0.1, 0.15) is 28.7 Å². The first-order chi connectivity index (χ1) is 59.9. The number of nitrogens with zero attached hydrogens (tertiary/aromatic N) is 11. The van der Waals surface area contributed by atoms with Crippen LogP contribution in [0.5, 0.6) is 28.7 Å².